The summed E-state index contributed by atoms with van der Waals surface area (Å²) < 4.78 is 28.9. The molecule has 1 aliphatic heterocycles. The minimum Gasteiger partial charge on any atom is -0.345 e. The summed E-state index contributed by atoms with van der Waals surface area (Å²) in [4.78, 5) is 22.5. The van der Waals surface area contributed by atoms with Gasteiger partial charge in [0, 0.05) is 50.5 Å². The van der Waals surface area contributed by atoms with E-state index in [4.69, 9.17) is 4.98 Å². The van der Waals surface area contributed by atoms with E-state index in [1.54, 1.807) is 23.5 Å². The standard InChI is InChI=1S/C28H31N5O3S2/c1-3-33(20-21-7-5-4-6-8-21)38(35,36)24-12-9-22(10-13-24)27(34)29-23-11-14-25-26(19-23)37-28(30-25)32-17-15-31(2)16-18-32/h4-14,19H,3,15-18,20H2,1-2H3,(H,29,34). The Morgan fingerprint density at radius 3 is 2.39 bits per heavy atom. The molecule has 1 aromatic heterocycles. The highest BCUT2D eigenvalue weighted by molar-refractivity contribution is 7.89. The van der Waals surface area contributed by atoms with Crippen molar-refractivity contribution in [3.63, 3.8) is 0 Å². The predicted octanol–water partition coefficient (Wildman–Crippen LogP) is 4.51. The van der Waals surface area contributed by atoms with E-state index in [9.17, 15) is 13.2 Å². The van der Waals surface area contributed by atoms with Gasteiger partial charge in [-0.05, 0) is 55.1 Å². The zero-order chi connectivity index (χ0) is 26.7. The van der Waals surface area contributed by atoms with Crippen molar-refractivity contribution < 1.29 is 13.2 Å². The summed E-state index contributed by atoms with van der Waals surface area (Å²) in [7, 11) is -1.57. The maximum atomic E-state index is 13.2. The molecule has 38 heavy (non-hydrogen) atoms. The van der Waals surface area contributed by atoms with Crippen molar-refractivity contribution in [2.45, 2.75) is 18.4 Å². The molecule has 3 aromatic carbocycles. The average molecular weight is 550 g/mol. The van der Waals surface area contributed by atoms with Crippen LogP contribution in [0.4, 0.5) is 10.8 Å². The summed E-state index contributed by atoms with van der Waals surface area (Å²) in [5.74, 6) is -0.297. The average Bonchev–Trinajstić information content (AvgIpc) is 3.36. The van der Waals surface area contributed by atoms with E-state index >= 15 is 0 Å². The Bertz CT molecular complexity index is 1510. The number of piperazine rings is 1. The number of sulfonamides is 1. The van der Waals surface area contributed by atoms with Gasteiger partial charge in [-0.15, -0.1) is 0 Å². The molecule has 0 aliphatic carbocycles. The van der Waals surface area contributed by atoms with Gasteiger partial charge < -0.3 is 15.1 Å². The molecular weight excluding hydrogens is 518 g/mol. The van der Waals surface area contributed by atoms with Gasteiger partial charge in [0.25, 0.3) is 5.91 Å². The van der Waals surface area contributed by atoms with E-state index in [1.807, 2.05) is 55.5 Å². The van der Waals surface area contributed by atoms with Crippen LogP contribution in [0, 0.1) is 0 Å². The third kappa shape index (κ3) is 5.73. The molecule has 0 bridgehead atoms. The van der Waals surface area contributed by atoms with E-state index in [2.05, 4.69) is 22.2 Å². The quantitative estimate of drug-likeness (QED) is 0.348. The first kappa shape index (κ1) is 26.3. The van der Waals surface area contributed by atoms with Crippen molar-refractivity contribution in [2.24, 2.45) is 0 Å². The first-order chi connectivity index (χ1) is 18.3. The second-order valence-corrected chi connectivity index (χ2v) is 12.3. The number of carbonyl (C=O) groups excluding carboxylic acids is 1. The number of benzene rings is 3. The van der Waals surface area contributed by atoms with Crippen molar-refractivity contribution in [1.29, 1.82) is 0 Å². The van der Waals surface area contributed by atoms with Gasteiger partial charge in [0.05, 0.1) is 15.1 Å². The number of hydrogen-bond donors (Lipinski definition) is 1. The van der Waals surface area contributed by atoms with Crippen molar-refractivity contribution in [1.82, 2.24) is 14.2 Å². The molecule has 0 unspecified atom stereocenters. The smallest absolute Gasteiger partial charge is 0.255 e. The molecule has 0 spiro atoms. The van der Waals surface area contributed by atoms with Crippen LogP contribution >= 0.6 is 11.3 Å². The highest BCUT2D eigenvalue weighted by Crippen LogP contribution is 2.31. The first-order valence-electron chi connectivity index (χ1n) is 12.6. The van der Waals surface area contributed by atoms with Gasteiger partial charge in [-0.3, -0.25) is 4.79 Å². The molecule has 4 aromatic rings. The zero-order valence-corrected chi connectivity index (χ0v) is 23.1. The van der Waals surface area contributed by atoms with E-state index in [1.165, 1.54) is 16.4 Å². The molecule has 1 N–H and O–H groups in total. The van der Waals surface area contributed by atoms with Crippen LogP contribution < -0.4 is 10.2 Å². The van der Waals surface area contributed by atoms with Crippen LogP contribution in [0.1, 0.15) is 22.8 Å². The number of aromatic nitrogens is 1. The minimum atomic E-state index is -3.70. The normalized spacial score (nSPS) is 14.8. The Morgan fingerprint density at radius 2 is 1.71 bits per heavy atom. The van der Waals surface area contributed by atoms with Gasteiger partial charge >= 0.3 is 0 Å². The van der Waals surface area contributed by atoms with Crippen LogP contribution in [0.15, 0.2) is 77.7 Å². The number of likely N-dealkylation sites (N-methyl/N-ethyl adjacent to an activating group) is 1. The van der Waals surface area contributed by atoms with Crippen LogP contribution in [0.2, 0.25) is 0 Å². The Balaban J connectivity index is 1.27. The van der Waals surface area contributed by atoms with Gasteiger partial charge in [-0.1, -0.05) is 48.6 Å². The molecule has 1 aliphatic rings. The van der Waals surface area contributed by atoms with Gasteiger partial charge in [-0.25, -0.2) is 13.4 Å². The number of nitrogens with one attached hydrogen (secondary N) is 1. The van der Waals surface area contributed by atoms with Gasteiger partial charge in [0.15, 0.2) is 5.13 Å². The predicted molar refractivity (Wildman–Crippen MR) is 153 cm³/mol. The highest BCUT2D eigenvalue weighted by atomic mass is 32.2. The second kappa shape index (κ2) is 11.2. The molecule has 8 nitrogen and oxygen atoms in total. The molecule has 1 amide bonds. The summed E-state index contributed by atoms with van der Waals surface area (Å²) in [6, 6.07) is 21.3. The highest BCUT2D eigenvalue weighted by Gasteiger charge is 2.24. The molecule has 2 heterocycles. The first-order valence-corrected chi connectivity index (χ1v) is 14.9. The molecule has 0 radical (unpaired) electrons. The molecule has 1 saturated heterocycles. The third-order valence-electron chi connectivity index (χ3n) is 6.72. The summed E-state index contributed by atoms with van der Waals surface area (Å²) in [6.07, 6.45) is 0. The SMILES string of the molecule is CCN(Cc1ccccc1)S(=O)(=O)c1ccc(C(=O)Nc2ccc3nc(N4CCN(C)CC4)sc3c2)cc1. The molecule has 1 fully saturated rings. The van der Waals surface area contributed by atoms with Crippen molar-refractivity contribution in [3.8, 4) is 0 Å². The lowest BCUT2D eigenvalue weighted by molar-refractivity contribution is 0.102. The Kier molecular flexibility index (Phi) is 7.75. The van der Waals surface area contributed by atoms with Crippen LogP contribution in [-0.4, -0.2) is 68.3 Å². The maximum Gasteiger partial charge on any atom is 0.255 e. The number of hydrogen-bond acceptors (Lipinski definition) is 7. The third-order valence-corrected chi connectivity index (χ3v) is 9.73. The summed E-state index contributed by atoms with van der Waals surface area (Å²) >= 11 is 1.63. The molecular formula is C28H31N5O3S2. The van der Waals surface area contributed by atoms with Crippen LogP contribution in [0.25, 0.3) is 10.2 Å². The molecule has 0 saturated carbocycles. The Labute approximate surface area is 227 Å². The molecule has 0 atom stereocenters. The molecule has 5 rings (SSSR count). The number of carbonyl (C=O) groups is 1. The lowest BCUT2D eigenvalue weighted by Crippen LogP contribution is -2.44. The summed E-state index contributed by atoms with van der Waals surface area (Å²) in [6.45, 7) is 6.38. The fraction of sp³-hybridized carbons (Fsp3) is 0.286. The van der Waals surface area contributed by atoms with Crippen molar-refractivity contribution in [3.05, 3.63) is 83.9 Å². The molecule has 10 heteroatoms. The number of anilines is 2. The topological polar surface area (TPSA) is 85.8 Å². The minimum absolute atomic E-state index is 0.161. The summed E-state index contributed by atoms with van der Waals surface area (Å²) in [5, 5.41) is 3.93. The second-order valence-electron chi connectivity index (χ2n) is 9.36. The lowest BCUT2D eigenvalue weighted by atomic mass is 10.2. The van der Waals surface area contributed by atoms with Gasteiger partial charge in [-0.2, -0.15) is 4.31 Å². The van der Waals surface area contributed by atoms with E-state index in [0.29, 0.717) is 24.3 Å². The van der Waals surface area contributed by atoms with Crippen molar-refractivity contribution in [2.75, 3.05) is 50.0 Å². The number of thiazole rings is 1. The summed E-state index contributed by atoms with van der Waals surface area (Å²) in [5.41, 5.74) is 2.89. The number of nitrogens with zero attached hydrogens (tertiary/aromatic N) is 4. The van der Waals surface area contributed by atoms with Crippen molar-refractivity contribution >= 4 is 48.3 Å². The number of fused-ring (bicyclic) bond motifs is 1. The van der Waals surface area contributed by atoms with Gasteiger partial charge in [0.2, 0.25) is 10.0 Å². The largest absolute Gasteiger partial charge is 0.345 e. The van der Waals surface area contributed by atoms with Crippen LogP contribution in [0.5, 0.6) is 0 Å². The number of rotatable bonds is 8. The van der Waals surface area contributed by atoms with Crippen LogP contribution in [0.3, 0.4) is 0 Å². The van der Waals surface area contributed by atoms with Crippen LogP contribution in [-0.2, 0) is 16.6 Å². The lowest BCUT2D eigenvalue weighted by Gasteiger charge is -2.31. The fourth-order valence-corrected chi connectivity index (χ4v) is 6.90. The van der Waals surface area contributed by atoms with E-state index in [-0.39, 0.29) is 10.8 Å². The maximum absolute atomic E-state index is 13.2. The zero-order valence-electron chi connectivity index (χ0n) is 21.5. The Hall–Kier alpha value is -3.31. The van der Waals surface area contributed by atoms with E-state index in [0.717, 1.165) is 47.1 Å². The van der Waals surface area contributed by atoms with Gasteiger partial charge in [0.1, 0.15) is 0 Å². The molecule has 198 valence electrons. The fourth-order valence-electron chi connectivity index (χ4n) is 4.41. The number of amides is 1. The monoisotopic (exact) mass is 549 g/mol. The Morgan fingerprint density at radius 1 is 1.00 bits per heavy atom. The van der Waals surface area contributed by atoms with E-state index < -0.39 is 10.0 Å².